The predicted molar refractivity (Wildman–Crippen MR) is 114 cm³/mol. The summed E-state index contributed by atoms with van der Waals surface area (Å²) in [5, 5.41) is 6.57. The van der Waals surface area contributed by atoms with Gasteiger partial charge in [-0.2, -0.15) is 4.98 Å². The third-order valence-electron chi connectivity index (χ3n) is 5.23. The van der Waals surface area contributed by atoms with Crippen LogP contribution in [0.15, 0.2) is 36.5 Å². The highest BCUT2D eigenvalue weighted by molar-refractivity contribution is 5.78. The molecule has 3 heterocycles. The normalized spacial score (nSPS) is 16.9. The first-order valence-corrected chi connectivity index (χ1v) is 10.3. The summed E-state index contributed by atoms with van der Waals surface area (Å²) in [7, 11) is 0. The molecule has 8 nitrogen and oxygen atoms in total. The van der Waals surface area contributed by atoms with Crippen molar-refractivity contribution in [3.8, 4) is 0 Å². The number of likely N-dealkylation sites (tertiary alicyclic amines) is 1. The fourth-order valence-electron chi connectivity index (χ4n) is 3.65. The highest BCUT2D eigenvalue weighted by Gasteiger charge is 2.18. The van der Waals surface area contributed by atoms with E-state index in [1.165, 1.54) is 5.69 Å². The third kappa shape index (κ3) is 5.35. The van der Waals surface area contributed by atoms with E-state index >= 15 is 0 Å². The third-order valence-corrected chi connectivity index (χ3v) is 5.23. The molecule has 2 aliphatic heterocycles. The molecule has 0 atom stereocenters. The fourth-order valence-corrected chi connectivity index (χ4v) is 3.65. The molecule has 154 valence electrons. The van der Waals surface area contributed by atoms with Crippen LogP contribution in [-0.4, -0.2) is 66.7 Å². The molecular formula is C21H28N6O2. The van der Waals surface area contributed by atoms with E-state index in [9.17, 15) is 4.79 Å². The molecule has 0 radical (unpaired) electrons. The quantitative estimate of drug-likeness (QED) is 0.663. The van der Waals surface area contributed by atoms with Gasteiger partial charge in [-0.15, -0.1) is 0 Å². The molecular weight excluding hydrogens is 368 g/mol. The lowest BCUT2D eigenvalue weighted by Gasteiger charge is -2.28. The summed E-state index contributed by atoms with van der Waals surface area (Å²) in [6, 6.07) is 10.2. The average Bonchev–Trinajstić information content (AvgIpc) is 3.17. The monoisotopic (exact) mass is 396 g/mol. The van der Waals surface area contributed by atoms with Gasteiger partial charge in [-0.25, -0.2) is 4.98 Å². The van der Waals surface area contributed by atoms with Crippen LogP contribution in [-0.2, 0) is 9.53 Å². The Bertz CT molecular complexity index is 807. The first kappa shape index (κ1) is 19.4. The molecule has 2 saturated heterocycles. The SMILES string of the molecule is O=C1CCCN1CCCNc1nccc(Nc2ccc(N3CCOCC3)cc2)n1. The van der Waals surface area contributed by atoms with Crippen molar-refractivity contribution in [2.45, 2.75) is 19.3 Å². The number of nitrogens with zero attached hydrogens (tertiary/aromatic N) is 4. The number of amides is 1. The Balaban J connectivity index is 1.26. The van der Waals surface area contributed by atoms with Crippen LogP contribution in [0, 0.1) is 0 Å². The van der Waals surface area contributed by atoms with Gasteiger partial charge in [-0.05, 0) is 43.2 Å². The molecule has 1 amide bonds. The van der Waals surface area contributed by atoms with Crippen LogP contribution < -0.4 is 15.5 Å². The van der Waals surface area contributed by atoms with E-state index in [1.54, 1.807) is 6.20 Å². The number of hydrogen-bond donors (Lipinski definition) is 2. The zero-order valence-corrected chi connectivity index (χ0v) is 16.6. The molecule has 1 aromatic carbocycles. The van der Waals surface area contributed by atoms with Gasteiger partial charge in [0.2, 0.25) is 11.9 Å². The molecule has 0 spiro atoms. The molecule has 2 N–H and O–H groups in total. The molecule has 1 aromatic heterocycles. The van der Waals surface area contributed by atoms with Crippen LogP contribution in [0.4, 0.5) is 23.1 Å². The summed E-state index contributed by atoms with van der Waals surface area (Å²) in [4.78, 5) is 24.7. The Morgan fingerprint density at radius 2 is 1.90 bits per heavy atom. The van der Waals surface area contributed by atoms with Gasteiger partial charge in [0.15, 0.2) is 0 Å². The van der Waals surface area contributed by atoms with Crippen LogP contribution in [0.2, 0.25) is 0 Å². The summed E-state index contributed by atoms with van der Waals surface area (Å²) in [6.07, 6.45) is 4.30. The minimum Gasteiger partial charge on any atom is -0.378 e. The molecule has 0 bridgehead atoms. The van der Waals surface area contributed by atoms with Gasteiger partial charge in [-0.1, -0.05) is 0 Å². The Hall–Kier alpha value is -2.87. The topological polar surface area (TPSA) is 82.6 Å². The van der Waals surface area contributed by atoms with Crippen LogP contribution in [0.1, 0.15) is 19.3 Å². The molecule has 0 saturated carbocycles. The van der Waals surface area contributed by atoms with E-state index in [0.717, 1.165) is 70.3 Å². The van der Waals surface area contributed by atoms with Crippen molar-refractivity contribution >= 4 is 29.0 Å². The van der Waals surface area contributed by atoms with E-state index in [2.05, 4.69) is 49.8 Å². The lowest BCUT2D eigenvalue weighted by molar-refractivity contribution is -0.127. The summed E-state index contributed by atoms with van der Waals surface area (Å²) in [5.74, 6) is 1.61. The zero-order chi connectivity index (χ0) is 19.9. The summed E-state index contributed by atoms with van der Waals surface area (Å²) >= 11 is 0. The minimum atomic E-state index is 0.270. The second kappa shape index (κ2) is 9.56. The number of aromatic nitrogens is 2. The van der Waals surface area contributed by atoms with Crippen molar-refractivity contribution in [2.75, 3.05) is 61.5 Å². The van der Waals surface area contributed by atoms with Gasteiger partial charge in [0.25, 0.3) is 0 Å². The number of carbonyl (C=O) groups is 1. The van der Waals surface area contributed by atoms with Crippen LogP contribution in [0.3, 0.4) is 0 Å². The van der Waals surface area contributed by atoms with Crippen molar-refractivity contribution in [3.05, 3.63) is 36.5 Å². The lowest BCUT2D eigenvalue weighted by atomic mass is 10.2. The number of ether oxygens (including phenoxy) is 1. The average molecular weight is 396 g/mol. The molecule has 4 rings (SSSR count). The van der Waals surface area contributed by atoms with Crippen LogP contribution in [0.5, 0.6) is 0 Å². The largest absolute Gasteiger partial charge is 0.378 e. The Morgan fingerprint density at radius 3 is 2.66 bits per heavy atom. The number of carbonyl (C=O) groups excluding carboxylic acids is 1. The molecule has 2 aromatic rings. The van der Waals surface area contributed by atoms with E-state index in [0.29, 0.717) is 12.4 Å². The van der Waals surface area contributed by atoms with Crippen molar-refractivity contribution in [2.24, 2.45) is 0 Å². The van der Waals surface area contributed by atoms with Gasteiger partial charge in [0.1, 0.15) is 5.82 Å². The number of nitrogens with one attached hydrogen (secondary N) is 2. The van der Waals surface area contributed by atoms with E-state index in [-0.39, 0.29) is 5.91 Å². The Kier molecular flexibility index (Phi) is 6.41. The fraction of sp³-hybridized carbons (Fsp3) is 0.476. The molecule has 0 aliphatic carbocycles. The molecule has 8 heteroatoms. The maximum atomic E-state index is 11.6. The van der Waals surface area contributed by atoms with Crippen molar-refractivity contribution in [1.29, 1.82) is 0 Å². The van der Waals surface area contributed by atoms with Crippen molar-refractivity contribution in [3.63, 3.8) is 0 Å². The Labute approximate surface area is 171 Å². The van der Waals surface area contributed by atoms with Gasteiger partial charge in [0, 0.05) is 56.7 Å². The highest BCUT2D eigenvalue weighted by Crippen LogP contribution is 2.21. The van der Waals surface area contributed by atoms with Crippen molar-refractivity contribution in [1.82, 2.24) is 14.9 Å². The number of morpholine rings is 1. The van der Waals surface area contributed by atoms with E-state index in [1.807, 2.05) is 11.0 Å². The predicted octanol–water partition coefficient (Wildman–Crippen LogP) is 2.48. The first-order chi connectivity index (χ1) is 14.3. The van der Waals surface area contributed by atoms with Crippen LogP contribution in [0.25, 0.3) is 0 Å². The molecule has 2 fully saturated rings. The van der Waals surface area contributed by atoms with Gasteiger partial charge < -0.3 is 25.2 Å². The summed E-state index contributed by atoms with van der Waals surface area (Å²) in [6.45, 7) is 5.84. The number of benzene rings is 1. The Morgan fingerprint density at radius 1 is 1.07 bits per heavy atom. The van der Waals surface area contributed by atoms with Gasteiger partial charge >= 0.3 is 0 Å². The summed E-state index contributed by atoms with van der Waals surface area (Å²) in [5.41, 5.74) is 2.19. The second-order valence-electron chi connectivity index (χ2n) is 7.30. The lowest BCUT2D eigenvalue weighted by Crippen LogP contribution is -2.36. The number of hydrogen-bond acceptors (Lipinski definition) is 7. The van der Waals surface area contributed by atoms with Crippen LogP contribution >= 0.6 is 0 Å². The molecule has 2 aliphatic rings. The van der Waals surface area contributed by atoms with Gasteiger partial charge in [0.05, 0.1) is 13.2 Å². The molecule has 29 heavy (non-hydrogen) atoms. The zero-order valence-electron chi connectivity index (χ0n) is 16.6. The smallest absolute Gasteiger partial charge is 0.224 e. The van der Waals surface area contributed by atoms with Crippen molar-refractivity contribution < 1.29 is 9.53 Å². The summed E-state index contributed by atoms with van der Waals surface area (Å²) < 4.78 is 5.41. The number of rotatable bonds is 8. The highest BCUT2D eigenvalue weighted by atomic mass is 16.5. The van der Waals surface area contributed by atoms with E-state index < -0.39 is 0 Å². The molecule has 0 unspecified atom stereocenters. The van der Waals surface area contributed by atoms with Gasteiger partial charge in [-0.3, -0.25) is 4.79 Å². The maximum Gasteiger partial charge on any atom is 0.224 e. The minimum absolute atomic E-state index is 0.270. The maximum absolute atomic E-state index is 11.6. The van der Waals surface area contributed by atoms with E-state index in [4.69, 9.17) is 4.74 Å². The standard InChI is InChI=1S/C21H28N6O2/c28-20-3-1-11-27(20)12-2-9-22-21-23-10-8-19(25-21)24-17-4-6-18(7-5-17)26-13-15-29-16-14-26/h4-8,10H,1-3,9,11-16H2,(H2,22,23,24,25). The second-order valence-corrected chi connectivity index (χ2v) is 7.30. The first-order valence-electron chi connectivity index (χ1n) is 10.3. The number of anilines is 4.